The minimum atomic E-state index is 0.256. The van der Waals surface area contributed by atoms with Gasteiger partial charge in [-0.25, -0.2) is 0 Å². The fraction of sp³-hybridized carbons (Fsp3) is 0.625. The van der Waals surface area contributed by atoms with Gasteiger partial charge >= 0.3 is 0 Å². The maximum Gasteiger partial charge on any atom is 0.0426 e. The van der Waals surface area contributed by atoms with Crippen LogP contribution in [0.2, 0.25) is 0 Å². The molecule has 1 saturated heterocycles. The molecule has 2 N–H and O–H groups in total. The Hall–Kier alpha value is -1.02. The first kappa shape index (κ1) is 13.4. The molecule has 100 valence electrons. The number of anilines is 1. The molecule has 2 nitrogen and oxygen atoms in total. The third kappa shape index (κ3) is 2.39. The molecule has 18 heavy (non-hydrogen) atoms. The van der Waals surface area contributed by atoms with Crippen LogP contribution >= 0.6 is 0 Å². The second-order valence-corrected chi connectivity index (χ2v) is 6.54. The van der Waals surface area contributed by atoms with E-state index in [9.17, 15) is 0 Å². The molecule has 2 rings (SSSR count). The Morgan fingerprint density at radius 2 is 1.72 bits per heavy atom. The Morgan fingerprint density at radius 1 is 1.17 bits per heavy atom. The van der Waals surface area contributed by atoms with Gasteiger partial charge in [-0.15, -0.1) is 0 Å². The van der Waals surface area contributed by atoms with Gasteiger partial charge in [-0.3, -0.25) is 0 Å². The van der Waals surface area contributed by atoms with Crippen molar-refractivity contribution >= 4 is 5.69 Å². The quantitative estimate of drug-likeness (QED) is 0.824. The van der Waals surface area contributed by atoms with Crippen molar-refractivity contribution in [3.05, 3.63) is 28.8 Å². The first-order chi connectivity index (χ1) is 8.31. The molecule has 1 fully saturated rings. The van der Waals surface area contributed by atoms with Crippen LogP contribution in [0.3, 0.4) is 0 Å². The molecular weight excluding hydrogens is 220 g/mol. The molecule has 1 aromatic carbocycles. The molecule has 1 aliphatic heterocycles. The molecular formula is C16H26N2. The maximum absolute atomic E-state index is 6.33. The lowest BCUT2D eigenvalue weighted by Crippen LogP contribution is -2.53. The number of aryl methyl sites for hydroxylation is 3. The summed E-state index contributed by atoms with van der Waals surface area (Å²) >= 11 is 0. The second-order valence-electron chi connectivity index (χ2n) is 6.54. The largest absolute Gasteiger partial charge is 0.370 e. The summed E-state index contributed by atoms with van der Waals surface area (Å²) < 4.78 is 0. The Bertz CT molecular complexity index is 425. The number of nitrogens with two attached hydrogens (primary N) is 1. The van der Waals surface area contributed by atoms with Crippen LogP contribution in [0.1, 0.15) is 37.0 Å². The van der Waals surface area contributed by atoms with Gasteiger partial charge in [0.05, 0.1) is 0 Å². The van der Waals surface area contributed by atoms with Crippen molar-refractivity contribution in [1.29, 1.82) is 0 Å². The number of hydrogen-bond donors (Lipinski definition) is 1. The molecule has 0 saturated carbocycles. The minimum Gasteiger partial charge on any atom is -0.370 e. The fourth-order valence-corrected chi connectivity index (χ4v) is 3.06. The van der Waals surface area contributed by atoms with Crippen molar-refractivity contribution in [3.8, 4) is 0 Å². The van der Waals surface area contributed by atoms with Gasteiger partial charge in [0.1, 0.15) is 0 Å². The lowest BCUT2D eigenvalue weighted by Gasteiger charge is -2.44. The van der Waals surface area contributed by atoms with E-state index in [4.69, 9.17) is 5.73 Å². The van der Waals surface area contributed by atoms with E-state index in [1.165, 1.54) is 28.8 Å². The van der Waals surface area contributed by atoms with Gasteiger partial charge in [0.25, 0.3) is 0 Å². The van der Waals surface area contributed by atoms with Crippen LogP contribution in [0.4, 0.5) is 5.69 Å². The van der Waals surface area contributed by atoms with Crippen LogP contribution < -0.4 is 10.6 Å². The summed E-state index contributed by atoms with van der Waals surface area (Å²) in [6.07, 6.45) is 1.17. The summed E-state index contributed by atoms with van der Waals surface area (Å²) in [6.45, 7) is 13.2. The highest BCUT2D eigenvalue weighted by atomic mass is 15.2. The lowest BCUT2D eigenvalue weighted by atomic mass is 9.78. The summed E-state index contributed by atoms with van der Waals surface area (Å²) in [4.78, 5) is 2.47. The standard InChI is InChI=1S/C16H26N2/c1-11-8-12(2)15(13(3)9-11)18-7-6-16(4,5)14(17)10-18/h8-9,14H,6-7,10,17H2,1-5H3. The zero-order chi connectivity index (χ0) is 13.5. The van der Waals surface area contributed by atoms with Gasteiger partial charge in [0, 0.05) is 24.8 Å². The highest BCUT2D eigenvalue weighted by Crippen LogP contribution is 2.34. The third-order valence-electron chi connectivity index (χ3n) is 4.40. The topological polar surface area (TPSA) is 29.3 Å². The van der Waals surface area contributed by atoms with Gasteiger partial charge in [-0.05, 0) is 43.7 Å². The Morgan fingerprint density at radius 3 is 2.22 bits per heavy atom. The van der Waals surface area contributed by atoms with E-state index in [0.29, 0.717) is 0 Å². The monoisotopic (exact) mass is 246 g/mol. The predicted octanol–water partition coefficient (Wildman–Crippen LogP) is 3.18. The van der Waals surface area contributed by atoms with Crippen LogP contribution in [0.5, 0.6) is 0 Å². The van der Waals surface area contributed by atoms with E-state index in [-0.39, 0.29) is 11.5 Å². The van der Waals surface area contributed by atoms with Crippen molar-refractivity contribution in [2.45, 2.75) is 47.1 Å². The summed E-state index contributed by atoms with van der Waals surface area (Å²) in [5, 5.41) is 0. The highest BCUT2D eigenvalue weighted by molar-refractivity contribution is 5.60. The average molecular weight is 246 g/mol. The summed E-state index contributed by atoms with van der Waals surface area (Å²) in [5.41, 5.74) is 12.1. The summed E-state index contributed by atoms with van der Waals surface area (Å²) in [7, 11) is 0. The predicted molar refractivity (Wildman–Crippen MR) is 79.2 cm³/mol. The first-order valence-corrected chi connectivity index (χ1v) is 6.89. The summed E-state index contributed by atoms with van der Waals surface area (Å²) in [6, 6.07) is 4.80. The van der Waals surface area contributed by atoms with E-state index in [2.05, 4.69) is 51.7 Å². The maximum atomic E-state index is 6.33. The molecule has 2 heteroatoms. The Labute approximate surface area is 111 Å². The van der Waals surface area contributed by atoms with Crippen LogP contribution in [0.15, 0.2) is 12.1 Å². The van der Waals surface area contributed by atoms with Crippen molar-refractivity contribution in [3.63, 3.8) is 0 Å². The van der Waals surface area contributed by atoms with E-state index >= 15 is 0 Å². The van der Waals surface area contributed by atoms with E-state index in [1.807, 2.05) is 0 Å². The molecule has 0 spiro atoms. The van der Waals surface area contributed by atoms with Crippen molar-refractivity contribution in [2.75, 3.05) is 18.0 Å². The zero-order valence-electron chi connectivity index (χ0n) is 12.4. The van der Waals surface area contributed by atoms with Gasteiger partial charge in [-0.2, -0.15) is 0 Å². The molecule has 1 aliphatic rings. The van der Waals surface area contributed by atoms with E-state index in [0.717, 1.165) is 13.1 Å². The SMILES string of the molecule is Cc1cc(C)c(N2CCC(C)(C)C(N)C2)c(C)c1. The third-order valence-corrected chi connectivity index (χ3v) is 4.40. The number of nitrogens with zero attached hydrogens (tertiary/aromatic N) is 1. The van der Waals surface area contributed by atoms with Crippen LogP contribution in [-0.4, -0.2) is 19.1 Å². The molecule has 1 atom stereocenters. The van der Waals surface area contributed by atoms with E-state index in [1.54, 1.807) is 0 Å². The van der Waals surface area contributed by atoms with Crippen molar-refractivity contribution < 1.29 is 0 Å². The van der Waals surface area contributed by atoms with Crippen LogP contribution in [0.25, 0.3) is 0 Å². The Kier molecular flexibility index (Phi) is 3.41. The zero-order valence-corrected chi connectivity index (χ0v) is 12.4. The molecule has 0 aromatic heterocycles. The van der Waals surface area contributed by atoms with E-state index < -0.39 is 0 Å². The molecule has 1 unspecified atom stereocenters. The average Bonchev–Trinajstić information content (AvgIpc) is 2.22. The van der Waals surface area contributed by atoms with Gasteiger partial charge in [0.15, 0.2) is 0 Å². The number of benzene rings is 1. The van der Waals surface area contributed by atoms with Gasteiger partial charge in [0.2, 0.25) is 0 Å². The van der Waals surface area contributed by atoms with Gasteiger partial charge in [-0.1, -0.05) is 31.5 Å². The number of hydrogen-bond acceptors (Lipinski definition) is 2. The highest BCUT2D eigenvalue weighted by Gasteiger charge is 2.33. The molecule has 0 aliphatic carbocycles. The number of piperidine rings is 1. The molecule has 1 aromatic rings. The van der Waals surface area contributed by atoms with Crippen molar-refractivity contribution in [1.82, 2.24) is 0 Å². The normalized spacial score (nSPS) is 23.2. The fourth-order valence-electron chi connectivity index (χ4n) is 3.06. The Balaban J connectivity index is 2.29. The second kappa shape index (κ2) is 4.58. The smallest absolute Gasteiger partial charge is 0.0426 e. The number of rotatable bonds is 1. The van der Waals surface area contributed by atoms with Crippen LogP contribution in [-0.2, 0) is 0 Å². The minimum absolute atomic E-state index is 0.256. The summed E-state index contributed by atoms with van der Waals surface area (Å²) in [5.74, 6) is 0. The molecule has 0 radical (unpaired) electrons. The first-order valence-electron chi connectivity index (χ1n) is 6.89. The van der Waals surface area contributed by atoms with Crippen molar-refractivity contribution in [2.24, 2.45) is 11.1 Å². The molecule has 0 bridgehead atoms. The van der Waals surface area contributed by atoms with Crippen LogP contribution in [0, 0.1) is 26.2 Å². The lowest BCUT2D eigenvalue weighted by molar-refractivity contribution is 0.235. The molecule has 1 heterocycles. The molecule has 0 amide bonds. The van der Waals surface area contributed by atoms with Gasteiger partial charge < -0.3 is 10.6 Å².